The lowest BCUT2D eigenvalue weighted by Gasteiger charge is -2.28. The number of rotatable bonds is 6. The summed E-state index contributed by atoms with van der Waals surface area (Å²) in [7, 11) is 0. The van der Waals surface area contributed by atoms with Crippen LogP contribution in [0, 0.1) is 5.92 Å². The molecule has 2 heterocycles. The maximum absolute atomic E-state index is 4.85. The summed E-state index contributed by atoms with van der Waals surface area (Å²) in [6.07, 6.45) is 11.4. The van der Waals surface area contributed by atoms with Gasteiger partial charge < -0.3 is 5.32 Å². The molecule has 1 aromatic rings. The zero-order valence-electron chi connectivity index (χ0n) is 12.9. The molecule has 4 heteroatoms. The highest BCUT2D eigenvalue weighted by molar-refractivity contribution is 7.09. The summed E-state index contributed by atoms with van der Waals surface area (Å²) in [5.41, 5.74) is 1.30. The third-order valence-electron chi connectivity index (χ3n) is 5.44. The zero-order chi connectivity index (χ0) is 14.1. The van der Waals surface area contributed by atoms with Gasteiger partial charge in [-0.15, -0.1) is 11.3 Å². The van der Waals surface area contributed by atoms with Crippen molar-refractivity contribution >= 4 is 11.3 Å². The summed E-state index contributed by atoms with van der Waals surface area (Å²) in [6.45, 7) is 3.34. The van der Waals surface area contributed by atoms with Crippen molar-refractivity contribution in [3.63, 3.8) is 0 Å². The van der Waals surface area contributed by atoms with Gasteiger partial charge in [0.15, 0.2) is 0 Å². The van der Waals surface area contributed by atoms with E-state index in [4.69, 9.17) is 4.98 Å². The molecule has 1 saturated heterocycles. The molecule has 0 spiro atoms. The molecule has 0 radical (unpaired) electrons. The Hall–Kier alpha value is -0.450. The monoisotopic (exact) mass is 305 g/mol. The van der Waals surface area contributed by atoms with Crippen LogP contribution >= 0.6 is 11.3 Å². The Bertz CT molecular complexity index is 462. The molecule has 21 heavy (non-hydrogen) atoms. The molecule has 3 aliphatic rings. The Balaban J connectivity index is 1.33. The van der Waals surface area contributed by atoms with E-state index in [-0.39, 0.29) is 0 Å². The van der Waals surface area contributed by atoms with Crippen molar-refractivity contribution in [2.45, 2.75) is 76.5 Å². The first kappa shape index (κ1) is 14.2. The van der Waals surface area contributed by atoms with Gasteiger partial charge >= 0.3 is 0 Å². The summed E-state index contributed by atoms with van der Waals surface area (Å²) in [5, 5.41) is 7.13. The molecule has 0 amide bonds. The van der Waals surface area contributed by atoms with Gasteiger partial charge in [-0.1, -0.05) is 12.8 Å². The molecule has 1 atom stereocenters. The fourth-order valence-corrected chi connectivity index (χ4v) is 4.89. The molecule has 0 aromatic carbocycles. The van der Waals surface area contributed by atoms with Crippen molar-refractivity contribution in [1.82, 2.24) is 15.2 Å². The minimum Gasteiger partial charge on any atom is -0.308 e. The van der Waals surface area contributed by atoms with E-state index in [1.165, 1.54) is 68.6 Å². The summed E-state index contributed by atoms with van der Waals surface area (Å²) < 4.78 is 0. The number of likely N-dealkylation sites (tertiary alicyclic amines) is 1. The van der Waals surface area contributed by atoms with Crippen molar-refractivity contribution in [2.24, 2.45) is 5.92 Å². The zero-order valence-corrected chi connectivity index (χ0v) is 13.7. The van der Waals surface area contributed by atoms with Gasteiger partial charge in [0.1, 0.15) is 5.01 Å². The normalized spacial score (nSPS) is 27.7. The number of hydrogen-bond acceptors (Lipinski definition) is 4. The average Bonchev–Trinajstić information content (AvgIpc) is 2.92. The van der Waals surface area contributed by atoms with Crippen molar-refractivity contribution in [3.8, 4) is 0 Å². The molecule has 1 N–H and O–H groups in total. The van der Waals surface area contributed by atoms with E-state index < -0.39 is 0 Å². The fraction of sp³-hybridized carbons (Fsp3) is 0.824. The number of nitrogens with one attached hydrogen (secondary N) is 1. The molecule has 1 aliphatic heterocycles. The van der Waals surface area contributed by atoms with Crippen LogP contribution in [0.4, 0.5) is 0 Å². The van der Waals surface area contributed by atoms with E-state index in [2.05, 4.69) is 15.6 Å². The Kier molecular flexibility index (Phi) is 4.28. The summed E-state index contributed by atoms with van der Waals surface area (Å²) in [6, 6.07) is 1.63. The van der Waals surface area contributed by atoms with Crippen LogP contribution in [0.2, 0.25) is 0 Å². The van der Waals surface area contributed by atoms with Crippen LogP contribution in [0.25, 0.3) is 0 Å². The molecular formula is C17H27N3S. The van der Waals surface area contributed by atoms with Crippen molar-refractivity contribution in [1.29, 1.82) is 0 Å². The molecule has 2 aliphatic carbocycles. The molecular weight excluding hydrogens is 278 g/mol. The Morgan fingerprint density at radius 2 is 2.00 bits per heavy atom. The van der Waals surface area contributed by atoms with E-state index in [9.17, 15) is 0 Å². The minimum atomic E-state index is 0.780. The maximum atomic E-state index is 4.85. The minimum absolute atomic E-state index is 0.780. The second-order valence-corrected chi connectivity index (χ2v) is 8.05. The standard InChI is InChI=1S/C17H27N3S/c1-2-5-13(4-1)16-6-3-9-20(16)11-15-12-21-17(19-15)10-18-14-7-8-14/h12-14,16,18H,1-11H2. The molecule has 3 nitrogen and oxygen atoms in total. The number of aromatic nitrogens is 1. The van der Waals surface area contributed by atoms with Crippen molar-refractivity contribution in [2.75, 3.05) is 6.54 Å². The van der Waals surface area contributed by atoms with Crippen LogP contribution in [-0.4, -0.2) is 28.5 Å². The Labute approximate surface area is 132 Å². The number of nitrogens with zero attached hydrogens (tertiary/aromatic N) is 2. The van der Waals surface area contributed by atoms with Gasteiger partial charge in [-0.05, 0) is 51.0 Å². The van der Waals surface area contributed by atoms with Gasteiger partial charge in [0.25, 0.3) is 0 Å². The van der Waals surface area contributed by atoms with E-state index >= 15 is 0 Å². The quantitative estimate of drug-likeness (QED) is 0.871. The molecule has 1 aromatic heterocycles. The first-order valence-electron chi connectivity index (χ1n) is 8.79. The second kappa shape index (κ2) is 6.35. The van der Waals surface area contributed by atoms with Gasteiger partial charge in [-0.25, -0.2) is 4.98 Å². The third kappa shape index (κ3) is 3.49. The molecule has 4 rings (SSSR count). The van der Waals surface area contributed by atoms with Crippen LogP contribution in [0.5, 0.6) is 0 Å². The van der Waals surface area contributed by atoms with Crippen LogP contribution in [0.3, 0.4) is 0 Å². The topological polar surface area (TPSA) is 28.2 Å². The van der Waals surface area contributed by atoms with E-state index in [1.807, 2.05) is 11.3 Å². The highest BCUT2D eigenvalue weighted by atomic mass is 32.1. The van der Waals surface area contributed by atoms with E-state index in [0.29, 0.717) is 0 Å². The van der Waals surface area contributed by atoms with Crippen molar-refractivity contribution < 1.29 is 0 Å². The van der Waals surface area contributed by atoms with Crippen LogP contribution in [-0.2, 0) is 13.1 Å². The number of hydrogen-bond donors (Lipinski definition) is 1. The predicted molar refractivity (Wildman–Crippen MR) is 87.4 cm³/mol. The highest BCUT2D eigenvalue weighted by Gasteiger charge is 2.33. The van der Waals surface area contributed by atoms with Crippen LogP contribution < -0.4 is 5.32 Å². The Morgan fingerprint density at radius 3 is 2.81 bits per heavy atom. The average molecular weight is 305 g/mol. The lowest BCUT2D eigenvalue weighted by atomic mass is 9.96. The van der Waals surface area contributed by atoms with Gasteiger partial charge in [-0.2, -0.15) is 0 Å². The smallest absolute Gasteiger partial charge is 0.107 e. The summed E-state index contributed by atoms with van der Waals surface area (Å²) in [4.78, 5) is 7.57. The van der Waals surface area contributed by atoms with E-state index in [1.54, 1.807) is 0 Å². The largest absolute Gasteiger partial charge is 0.308 e. The second-order valence-electron chi connectivity index (χ2n) is 7.11. The van der Waals surface area contributed by atoms with Crippen molar-refractivity contribution in [3.05, 3.63) is 16.1 Å². The summed E-state index contributed by atoms with van der Waals surface area (Å²) in [5.74, 6) is 0.974. The van der Waals surface area contributed by atoms with Crippen LogP contribution in [0.15, 0.2) is 5.38 Å². The molecule has 0 bridgehead atoms. The molecule has 1 unspecified atom stereocenters. The first-order valence-corrected chi connectivity index (χ1v) is 9.67. The first-order chi connectivity index (χ1) is 10.4. The van der Waals surface area contributed by atoms with Gasteiger partial charge in [0.2, 0.25) is 0 Å². The Morgan fingerprint density at radius 1 is 1.14 bits per heavy atom. The molecule has 2 saturated carbocycles. The number of thiazole rings is 1. The van der Waals surface area contributed by atoms with Gasteiger partial charge in [0.05, 0.1) is 5.69 Å². The molecule has 3 fully saturated rings. The van der Waals surface area contributed by atoms with Crippen LogP contribution in [0.1, 0.15) is 62.1 Å². The molecule has 116 valence electrons. The summed E-state index contributed by atoms with van der Waals surface area (Å²) >= 11 is 1.84. The van der Waals surface area contributed by atoms with Gasteiger partial charge in [-0.3, -0.25) is 4.90 Å². The highest BCUT2D eigenvalue weighted by Crippen LogP contribution is 2.36. The lowest BCUT2D eigenvalue weighted by molar-refractivity contribution is 0.181. The van der Waals surface area contributed by atoms with Gasteiger partial charge in [0, 0.05) is 30.6 Å². The van der Waals surface area contributed by atoms with E-state index in [0.717, 1.165) is 31.1 Å². The predicted octanol–water partition coefficient (Wildman–Crippen LogP) is 3.55. The SMILES string of the molecule is c1sc(CNC2CC2)nc1CN1CCCC1C1CCCC1. The lowest BCUT2D eigenvalue weighted by Crippen LogP contribution is -2.34. The fourth-order valence-electron chi connectivity index (χ4n) is 4.15. The third-order valence-corrected chi connectivity index (χ3v) is 6.34. The maximum Gasteiger partial charge on any atom is 0.107 e.